The quantitative estimate of drug-likeness (QED) is 0.355. The van der Waals surface area contributed by atoms with E-state index in [1.54, 1.807) is 17.4 Å². The second kappa shape index (κ2) is 11.5. The van der Waals surface area contributed by atoms with Crippen molar-refractivity contribution in [2.75, 3.05) is 0 Å². The number of hydrogen-bond donors (Lipinski definition) is 2. The number of aliphatic hydroxyl groups is 2. The molecular formula is C26H32O4S. The van der Waals surface area contributed by atoms with E-state index < -0.39 is 12.2 Å². The highest BCUT2D eigenvalue weighted by molar-refractivity contribution is 7.19. The Labute approximate surface area is 188 Å². The van der Waals surface area contributed by atoms with Crippen LogP contribution >= 0.6 is 11.3 Å². The minimum absolute atomic E-state index is 0.0706. The van der Waals surface area contributed by atoms with Crippen LogP contribution in [-0.4, -0.2) is 27.9 Å². The molecule has 3 rings (SSSR count). The van der Waals surface area contributed by atoms with Gasteiger partial charge in [-0.25, -0.2) is 0 Å². The third-order valence-electron chi connectivity index (χ3n) is 5.90. The molecule has 5 heteroatoms. The van der Waals surface area contributed by atoms with Gasteiger partial charge in [-0.15, -0.1) is 11.3 Å². The molecule has 1 saturated carbocycles. The summed E-state index contributed by atoms with van der Waals surface area (Å²) >= 11 is 1.55. The van der Waals surface area contributed by atoms with Gasteiger partial charge in [0, 0.05) is 40.7 Å². The average molecular weight is 441 g/mol. The lowest BCUT2D eigenvalue weighted by Gasteiger charge is -2.16. The molecule has 4 nitrogen and oxygen atoms in total. The van der Waals surface area contributed by atoms with Crippen LogP contribution in [0.3, 0.4) is 0 Å². The molecule has 31 heavy (non-hydrogen) atoms. The molecule has 0 saturated heterocycles. The maximum absolute atomic E-state index is 12.4. The zero-order valence-electron chi connectivity index (χ0n) is 18.1. The van der Waals surface area contributed by atoms with Crippen LogP contribution < -0.4 is 0 Å². The molecule has 2 aromatic rings. The van der Waals surface area contributed by atoms with Crippen LogP contribution in [0.5, 0.6) is 0 Å². The van der Waals surface area contributed by atoms with Crippen molar-refractivity contribution in [2.24, 2.45) is 11.8 Å². The van der Waals surface area contributed by atoms with Gasteiger partial charge in [0.1, 0.15) is 17.7 Å². The molecule has 1 aliphatic carbocycles. The number of carbonyl (C=O) groups is 2. The van der Waals surface area contributed by atoms with Crippen LogP contribution in [0.25, 0.3) is 10.1 Å². The summed E-state index contributed by atoms with van der Waals surface area (Å²) in [5.74, 6) is -0.167. The van der Waals surface area contributed by atoms with Crippen molar-refractivity contribution in [3.63, 3.8) is 0 Å². The lowest BCUT2D eigenvalue weighted by atomic mass is 9.90. The third kappa shape index (κ3) is 6.45. The SMILES string of the molecule is CCCC(=O)CCC/C=C\C[C@H]1C(=O)C[C@@H](O)[C@@H]1/C=C/[C@@H](O)c1cc2ccccc2s1. The van der Waals surface area contributed by atoms with Crippen molar-refractivity contribution in [3.8, 4) is 0 Å². The normalized spacial score (nSPS) is 22.8. The Morgan fingerprint density at radius 3 is 2.84 bits per heavy atom. The zero-order chi connectivity index (χ0) is 22.2. The van der Waals surface area contributed by atoms with Gasteiger partial charge in [0.05, 0.1) is 6.10 Å². The predicted octanol–water partition coefficient (Wildman–Crippen LogP) is 5.54. The van der Waals surface area contributed by atoms with Gasteiger partial charge in [-0.3, -0.25) is 9.59 Å². The minimum Gasteiger partial charge on any atom is -0.392 e. The number of ketones is 2. The van der Waals surface area contributed by atoms with Gasteiger partial charge in [0.2, 0.25) is 0 Å². The lowest BCUT2D eigenvalue weighted by Crippen LogP contribution is -2.18. The van der Waals surface area contributed by atoms with Crippen molar-refractivity contribution in [2.45, 2.75) is 64.1 Å². The number of hydrogen-bond acceptors (Lipinski definition) is 5. The number of rotatable bonds is 11. The van der Waals surface area contributed by atoms with E-state index in [1.807, 2.05) is 55.5 Å². The third-order valence-corrected chi connectivity index (χ3v) is 7.08. The van der Waals surface area contributed by atoms with Crippen LogP contribution in [-0.2, 0) is 9.59 Å². The summed E-state index contributed by atoms with van der Waals surface area (Å²) in [4.78, 5) is 24.8. The first-order valence-corrected chi connectivity index (χ1v) is 12.0. The Balaban J connectivity index is 1.55. The van der Waals surface area contributed by atoms with Gasteiger partial charge in [-0.1, -0.05) is 49.4 Å². The van der Waals surface area contributed by atoms with Gasteiger partial charge >= 0.3 is 0 Å². The summed E-state index contributed by atoms with van der Waals surface area (Å²) in [7, 11) is 0. The van der Waals surface area contributed by atoms with E-state index >= 15 is 0 Å². The number of allylic oxidation sites excluding steroid dienone is 2. The fraction of sp³-hybridized carbons (Fsp3) is 0.462. The summed E-state index contributed by atoms with van der Waals surface area (Å²) in [6.07, 6.45) is 10.6. The molecule has 0 spiro atoms. The van der Waals surface area contributed by atoms with Crippen LogP contribution in [0.4, 0.5) is 0 Å². The highest BCUT2D eigenvalue weighted by Gasteiger charge is 2.39. The number of benzene rings is 1. The Morgan fingerprint density at radius 1 is 1.26 bits per heavy atom. The van der Waals surface area contributed by atoms with E-state index in [1.165, 1.54) is 0 Å². The summed E-state index contributed by atoms with van der Waals surface area (Å²) in [5, 5.41) is 22.1. The van der Waals surface area contributed by atoms with Crippen molar-refractivity contribution >= 4 is 33.0 Å². The van der Waals surface area contributed by atoms with Gasteiger partial charge in [-0.05, 0) is 43.2 Å². The molecule has 0 aliphatic heterocycles. The van der Waals surface area contributed by atoms with Gasteiger partial charge in [0.15, 0.2) is 0 Å². The maximum atomic E-state index is 12.4. The van der Waals surface area contributed by atoms with E-state index in [0.717, 1.165) is 34.2 Å². The van der Waals surface area contributed by atoms with E-state index in [-0.39, 0.29) is 24.0 Å². The van der Waals surface area contributed by atoms with Crippen molar-refractivity contribution in [3.05, 3.63) is 59.5 Å². The molecule has 1 aliphatic rings. The number of carbonyl (C=O) groups excluding carboxylic acids is 2. The highest BCUT2D eigenvalue weighted by atomic mass is 32.1. The number of aliphatic hydroxyl groups excluding tert-OH is 2. The van der Waals surface area contributed by atoms with Crippen molar-refractivity contribution in [1.29, 1.82) is 0 Å². The average Bonchev–Trinajstić information content (AvgIpc) is 3.29. The molecule has 166 valence electrons. The van der Waals surface area contributed by atoms with Crippen molar-refractivity contribution in [1.82, 2.24) is 0 Å². The van der Waals surface area contributed by atoms with Crippen LogP contribution in [0.15, 0.2) is 54.6 Å². The molecule has 0 amide bonds. The molecule has 0 unspecified atom stereocenters. The lowest BCUT2D eigenvalue weighted by molar-refractivity contribution is -0.121. The molecule has 1 heterocycles. The van der Waals surface area contributed by atoms with Crippen LogP contribution in [0, 0.1) is 11.8 Å². The fourth-order valence-corrected chi connectivity index (χ4v) is 5.22. The molecule has 0 bridgehead atoms. The number of Topliss-reactive ketones (excluding diaryl/α,β-unsaturated/α-hetero) is 2. The second-order valence-corrected chi connectivity index (χ2v) is 9.44. The van der Waals surface area contributed by atoms with Crippen molar-refractivity contribution < 1.29 is 19.8 Å². The topological polar surface area (TPSA) is 74.6 Å². The van der Waals surface area contributed by atoms with E-state index in [9.17, 15) is 19.8 Å². The predicted molar refractivity (Wildman–Crippen MR) is 126 cm³/mol. The largest absolute Gasteiger partial charge is 0.392 e. The Bertz CT molecular complexity index is 909. The molecule has 1 aromatic carbocycles. The second-order valence-electron chi connectivity index (χ2n) is 8.33. The maximum Gasteiger partial charge on any atom is 0.139 e. The molecular weight excluding hydrogens is 408 g/mol. The van der Waals surface area contributed by atoms with E-state index in [0.29, 0.717) is 25.0 Å². The first-order valence-electron chi connectivity index (χ1n) is 11.2. The monoisotopic (exact) mass is 440 g/mol. The summed E-state index contributed by atoms with van der Waals surface area (Å²) in [5.41, 5.74) is 0. The molecule has 0 radical (unpaired) electrons. The van der Waals surface area contributed by atoms with E-state index in [4.69, 9.17) is 0 Å². The summed E-state index contributed by atoms with van der Waals surface area (Å²) < 4.78 is 1.13. The van der Waals surface area contributed by atoms with Gasteiger partial charge in [0.25, 0.3) is 0 Å². The Hall–Kier alpha value is -2.08. The Morgan fingerprint density at radius 2 is 2.06 bits per heavy atom. The summed E-state index contributed by atoms with van der Waals surface area (Å²) in [6.45, 7) is 2.01. The minimum atomic E-state index is -0.753. The van der Waals surface area contributed by atoms with Crippen LogP contribution in [0.1, 0.15) is 62.9 Å². The smallest absolute Gasteiger partial charge is 0.139 e. The van der Waals surface area contributed by atoms with E-state index in [2.05, 4.69) is 0 Å². The first kappa shape index (κ1) is 23.6. The number of unbranched alkanes of at least 4 members (excludes halogenated alkanes) is 1. The first-order chi connectivity index (χ1) is 15.0. The van der Waals surface area contributed by atoms with Crippen LogP contribution in [0.2, 0.25) is 0 Å². The number of fused-ring (bicyclic) bond motifs is 1. The highest BCUT2D eigenvalue weighted by Crippen LogP contribution is 2.35. The molecule has 4 atom stereocenters. The van der Waals surface area contributed by atoms with Gasteiger partial charge < -0.3 is 10.2 Å². The fourth-order valence-electron chi connectivity index (χ4n) is 4.19. The van der Waals surface area contributed by atoms with Gasteiger partial charge in [-0.2, -0.15) is 0 Å². The molecule has 1 aromatic heterocycles. The Kier molecular flexibility index (Phi) is 8.76. The number of thiophene rings is 1. The standard InChI is InChI=1S/C26H32O4S/c1-2-9-19(27)11-5-3-4-6-12-20-21(24(30)17-23(20)29)14-15-22(28)26-16-18-10-7-8-13-25(18)31-26/h4,6-8,10,13-16,20-22,24,28,30H,2-3,5,9,11-12,17H2,1H3/b6-4-,15-14+/t20-,21-,22-,24-/m1/s1. The molecule has 2 N–H and O–H groups in total. The summed E-state index contributed by atoms with van der Waals surface area (Å²) in [6, 6.07) is 9.99. The zero-order valence-corrected chi connectivity index (χ0v) is 18.9. The molecule has 1 fully saturated rings.